The summed E-state index contributed by atoms with van der Waals surface area (Å²) in [6, 6.07) is 5.67. The summed E-state index contributed by atoms with van der Waals surface area (Å²) in [5.74, 6) is 0.0982. The molecule has 1 amide bonds. The average Bonchev–Trinajstić information content (AvgIpc) is 2.52. The van der Waals surface area contributed by atoms with Crippen LogP contribution in [0.4, 0.5) is 5.69 Å². The molecule has 0 N–H and O–H groups in total. The van der Waals surface area contributed by atoms with Crippen molar-refractivity contribution >= 4 is 17.7 Å². The Labute approximate surface area is 87.2 Å². The van der Waals surface area contributed by atoms with Crippen molar-refractivity contribution < 1.29 is 9.59 Å². The lowest BCUT2D eigenvalue weighted by Gasteiger charge is -2.09. The van der Waals surface area contributed by atoms with Gasteiger partial charge in [-0.1, -0.05) is 12.1 Å². The van der Waals surface area contributed by atoms with Crippen LogP contribution in [0.2, 0.25) is 0 Å². The second kappa shape index (κ2) is 3.67. The molecule has 76 valence electrons. The Morgan fingerprint density at radius 3 is 3.07 bits per heavy atom. The first-order chi connectivity index (χ1) is 7.22. The van der Waals surface area contributed by atoms with Crippen LogP contribution in [0.3, 0.4) is 0 Å². The van der Waals surface area contributed by atoms with Crippen LogP contribution < -0.4 is 4.90 Å². The van der Waals surface area contributed by atoms with Crippen molar-refractivity contribution in [3.05, 3.63) is 29.3 Å². The smallest absolute Gasteiger partial charge is 0.235 e. The maximum absolute atomic E-state index is 11.4. The van der Waals surface area contributed by atoms with E-state index in [1.807, 2.05) is 18.2 Å². The number of carbonyl (C=O) groups excluding carboxylic acids is 2. The van der Waals surface area contributed by atoms with Crippen LogP contribution in [0.1, 0.15) is 11.1 Å². The van der Waals surface area contributed by atoms with Gasteiger partial charge >= 0.3 is 0 Å². The molecule has 0 radical (unpaired) electrons. The van der Waals surface area contributed by atoms with Crippen LogP contribution in [0.25, 0.3) is 0 Å². The molecule has 0 atom stereocenters. The third-order valence-corrected chi connectivity index (χ3v) is 2.55. The zero-order valence-electron chi connectivity index (χ0n) is 8.36. The zero-order chi connectivity index (χ0) is 10.8. The van der Waals surface area contributed by atoms with Gasteiger partial charge in [0, 0.05) is 12.7 Å². The van der Waals surface area contributed by atoms with Gasteiger partial charge in [-0.05, 0) is 17.2 Å². The summed E-state index contributed by atoms with van der Waals surface area (Å²) in [6.45, 7) is 0.328. The number of likely N-dealkylation sites (N-methyl/N-ethyl adjacent to an activating group) is 1. The lowest BCUT2D eigenvalue weighted by molar-refractivity contribution is -0.117. The predicted molar refractivity (Wildman–Crippen MR) is 55.4 cm³/mol. The molecule has 0 aliphatic carbocycles. The number of hydrogen-bond donors (Lipinski definition) is 0. The van der Waals surface area contributed by atoms with Gasteiger partial charge < -0.3 is 4.90 Å². The molecule has 0 bridgehead atoms. The number of nitrogens with zero attached hydrogens (tertiary/aromatic N) is 2. The fraction of sp³-hybridized carbons (Fsp3) is 0.273. The summed E-state index contributed by atoms with van der Waals surface area (Å²) >= 11 is 0. The minimum Gasteiger partial charge on any atom is -0.315 e. The van der Waals surface area contributed by atoms with E-state index >= 15 is 0 Å². The average molecular weight is 202 g/mol. The number of amides is 1. The molecule has 0 spiro atoms. The normalized spacial score (nSPS) is 13.7. The van der Waals surface area contributed by atoms with Gasteiger partial charge in [0.15, 0.2) is 0 Å². The molecule has 0 unspecified atom stereocenters. The fourth-order valence-corrected chi connectivity index (χ4v) is 1.75. The van der Waals surface area contributed by atoms with Gasteiger partial charge in [0.1, 0.15) is 0 Å². The van der Waals surface area contributed by atoms with Crippen LogP contribution in [0.5, 0.6) is 0 Å². The highest BCUT2D eigenvalue weighted by atomic mass is 16.2. The minimum atomic E-state index is 0.0982. The van der Waals surface area contributed by atoms with Gasteiger partial charge in [0.25, 0.3) is 0 Å². The van der Waals surface area contributed by atoms with Gasteiger partial charge in [-0.25, -0.2) is 9.79 Å². The molecule has 0 aromatic heterocycles. The summed E-state index contributed by atoms with van der Waals surface area (Å²) in [5.41, 5.74) is 2.88. The van der Waals surface area contributed by atoms with E-state index in [-0.39, 0.29) is 5.91 Å². The Balaban J connectivity index is 2.33. The lowest BCUT2D eigenvalue weighted by atomic mass is 10.1. The van der Waals surface area contributed by atoms with E-state index in [2.05, 4.69) is 4.99 Å². The van der Waals surface area contributed by atoms with Crippen molar-refractivity contribution in [2.24, 2.45) is 4.99 Å². The first kappa shape index (κ1) is 9.62. The van der Waals surface area contributed by atoms with Crippen molar-refractivity contribution in [2.45, 2.75) is 13.0 Å². The lowest BCUT2D eigenvalue weighted by Crippen LogP contribution is -2.20. The summed E-state index contributed by atoms with van der Waals surface area (Å²) < 4.78 is 0. The monoisotopic (exact) mass is 202 g/mol. The van der Waals surface area contributed by atoms with E-state index in [1.165, 1.54) is 6.08 Å². The zero-order valence-corrected chi connectivity index (χ0v) is 8.36. The summed E-state index contributed by atoms with van der Waals surface area (Å²) in [5, 5.41) is 0. The molecule has 0 fully saturated rings. The number of hydrogen-bond acceptors (Lipinski definition) is 3. The summed E-state index contributed by atoms with van der Waals surface area (Å²) in [6.07, 6.45) is 1.93. The molecular weight excluding hydrogens is 192 g/mol. The van der Waals surface area contributed by atoms with Crippen LogP contribution >= 0.6 is 0 Å². The number of carbonyl (C=O) groups is 1. The second-order valence-corrected chi connectivity index (χ2v) is 3.50. The van der Waals surface area contributed by atoms with Crippen LogP contribution in [-0.2, 0) is 22.6 Å². The number of anilines is 1. The molecule has 1 aromatic rings. The second-order valence-electron chi connectivity index (χ2n) is 3.50. The standard InChI is InChI=1S/C11H10N2O2/c1-13-10-3-2-8(6-12-7-14)4-9(10)5-11(13)15/h2-4H,5-6H2,1H3. The highest BCUT2D eigenvalue weighted by Crippen LogP contribution is 2.28. The topological polar surface area (TPSA) is 49.7 Å². The van der Waals surface area contributed by atoms with E-state index in [4.69, 9.17) is 0 Å². The van der Waals surface area contributed by atoms with Crippen LogP contribution in [-0.4, -0.2) is 19.0 Å². The quantitative estimate of drug-likeness (QED) is 0.531. The Morgan fingerprint density at radius 1 is 1.53 bits per heavy atom. The first-order valence-electron chi connectivity index (χ1n) is 4.64. The molecule has 1 aliphatic rings. The molecule has 1 aliphatic heterocycles. The Morgan fingerprint density at radius 2 is 2.33 bits per heavy atom. The predicted octanol–water partition coefficient (Wildman–Crippen LogP) is 1.04. The Kier molecular flexibility index (Phi) is 2.35. The molecule has 2 rings (SSSR count). The van der Waals surface area contributed by atoms with Crippen molar-refractivity contribution in [1.29, 1.82) is 0 Å². The molecular formula is C11H10N2O2. The SMILES string of the molecule is CN1C(=O)Cc2cc(CN=C=O)ccc21. The van der Waals surface area contributed by atoms with Crippen molar-refractivity contribution in [3.8, 4) is 0 Å². The summed E-state index contributed by atoms with van der Waals surface area (Å²) in [4.78, 5) is 26.5. The van der Waals surface area contributed by atoms with Crippen molar-refractivity contribution in [1.82, 2.24) is 0 Å². The maximum atomic E-state index is 11.4. The number of benzene rings is 1. The van der Waals surface area contributed by atoms with Gasteiger partial charge in [0.2, 0.25) is 12.0 Å². The fourth-order valence-electron chi connectivity index (χ4n) is 1.75. The highest BCUT2D eigenvalue weighted by Gasteiger charge is 2.23. The summed E-state index contributed by atoms with van der Waals surface area (Å²) in [7, 11) is 1.76. The Bertz CT molecular complexity index is 462. The molecule has 1 aromatic carbocycles. The molecule has 4 heteroatoms. The molecule has 15 heavy (non-hydrogen) atoms. The van der Waals surface area contributed by atoms with Crippen LogP contribution in [0, 0.1) is 0 Å². The highest BCUT2D eigenvalue weighted by molar-refractivity contribution is 6.00. The van der Waals surface area contributed by atoms with Crippen molar-refractivity contribution in [2.75, 3.05) is 11.9 Å². The molecule has 1 heterocycles. The number of aliphatic imine (C=N–C) groups is 1. The van der Waals surface area contributed by atoms with Crippen molar-refractivity contribution in [3.63, 3.8) is 0 Å². The van der Waals surface area contributed by atoms with E-state index in [1.54, 1.807) is 11.9 Å². The third-order valence-electron chi connectivity index (χ3n) is 2.55. The third kappa shape index (κ3) is 1.67. The molecule has 4 nitrogen and oxygen atoms in total. The maximum Gasteiger partial charge on any atom is 0.235 e. The van der Waals surface area contributed by atoms with E-state index < -0.39 is 0 Å². The Hall–Kier alpha value is -1.93. The van der Waals surface area contributed by atoms with E-state index in [9.17, 15) is 9.59 Å². The number of isocyanates is 1. The number of rotatable bonds is 2. The van der Waals surface area contributed by atoms with Gasteiger partial charge in [-0.2, -0.15) is 0 Å². The molecule has 0 saturated heterocycles. The van der Waals surface area contributed by atoms with Gasteiger partial charge in [0.05, 0.1) is 13.0 Å². The van der Waals surface area contributed by atoms with E-state index in [0.717, 1.165) is 16.8 Å². The first-order valence-corrected chi connectivity index (χ1v) is 4.64. The van der Waals surface area contributed by atoms with Gasteiger partial charge in [-0.3, -0.25) is 4.79 Å². The van der Waals surface area contributed by atoms with Gasteiger partial charge in [-0.15, -0.1) is 0 Å². The molecule has 0 saturated carbocycles. The minimum absolute atomic E-state index is 0.0982. The van der Waals surface area contributed by atoms with E-state index in [0.29, 0.717) is 13.0 Å². The largest absolute Gasteiger partial charge is 0.315 e. The number of fused-ring (bicyclic) bond motifs is 1. The van der Waals surface area contributed by atoms with Crippen LogP contribution in [0.15, 0.2) is 23.2 Å².